The monoisotopic (exact) mass is 414 g/mol. The average Bonchev–Trinajstić information content (AvgIpc) is 2.55. The summed E-state index contributed by atoms with van der Waals surface area (Å²) in [6.45, 7) is 6.79. The van der Waals surface area contributed by atoms with Crippen molar-refractivity contribution in [3.05, 3.63) is 34.9 Å². The molecule has 1 heteroatoms. The number of hydrogen-bond donors (Lipinski definition) is 0. The molecule has 1 radical (unpaired) electrons. The SMILES string of the molecule is Cc1[c-]c(C)cc(CCCC2CCC(C3CCC(C)CC3)CC2)c1.[Y]. The van der Waals surface area contributed by atoms with Gasteiger partial charge < -0.3 is 0 Å². The van der Waals surface area contributed by atoms with Crippen LogP contribution in [0.25, 0.3) is 0 Å². The van der Waals surface area contributed by atoms with E-state index in [0.29, 0.717) is 0 Å². The Hall–Kier alpha value is 0.324. The molecule has 2 saturated carbocycles. The Labute approximate surface area is 181 Å². The van der Waals surface area contributed by atoms with Crippen molar-refractivity contribution in [2.24, 2.45) is 23.7 Å². The average molecular weight is 414 g/mol. The molecule has 2 aliphatic rings. The van der Waals surface area contributed by atoms with Gasteiger partial charge in [0.1, 0.15) is 0 Å². The molecule has 0 amide bonds. The first-order valence-corrected chi connectivity index (χ1v) is 10.6. The third-order valence-electron chi connectivity index (χ3n) is 6.89. The standard InChI is InChI=1S/C24H37.Y/c1-18-7-11-23(12-8-18)24-13-9-21(10-14-24)5-4-6-22-16-19(2)15-20(3)17-22;/h16-18,21,23-24H,4-14H2,1-3H3;/q-1;. The zero-order chi connectivity index (χ0) is 16.9. The fraction of sp³-hybridized carbons (Fsp3) is 0.750. The molecule has 0 bridgehead atoms. The summed E-state index contributed by atoms with van der Waals surface area (Å²) in [6, 6.07) is 8.04. The Balaban J connectivity index is 0.00000225. The van der Waals surface area contributed by atoms with Crippen molar-refractivity contribution in [2.75, 3.05) is 0 Å². The summed E-state index contributed by atoms with van der Waals surface area (Å²) in [5.74, 6) is 4.17. The molecule has 0 spiro atoms. The zero-order valence-electron chi connectivity index (χ0n) is 16.8. The molecular formula is C24H37Y-. The second-order valence-corrected chi connectivity index (χ2v) is 9.05. The van der Waals surface area contributed by atoms with Gasteiger partial charge >= 0.3 is 0 Å². The van der Waals surface area contributed by atoms with Crippen LogP contribution < -0.4 is 0 Å². The summed E-state index contributed by atoms with van der Waals surface area (Å²) in [6.07, 6.45) is 16.2. The predicted molar refractivity (Wildman–Crippen MR) is 104 cm³/mol. The maximum atomic E-state index is 3.39. The predicted octanol–water partition coefficient (Wildman–Crippen LogP) is 7.06. The molecule has 0 N–H and O–H groups in total. The van der Waals surface area contributed by atoms with Crippen molar-refractivity contribution in [3.63, 3.8) is 0 Å². The number of aryl methyl sites for hydroxylation is 3. The second kappa shape index (κ2) is 10.6. The largest absolute Gasteiger partial charge is 0.177 e. The van der Waals surface area contributed by atoms with Crippen LogP contribution in [0.1, 0.15) is 87.8 Å². The molecule has 0 aromatic heterocycles. The minimum atomic E-state index is 0. The number of rotatable bonds is 5. The maximum absolute atomic E-state index is 3.39. The first-order chi connectivity index (χ1) is 11.6. The number of hydrogen-bond acceptors (Lipinski definition) is 0. The molecule has 0 aliphatic heterocycles. The van der Waals surface area contributed by atoms with Gasteiger partial charge in [0.05, 0.1) is 0 Å². The van der Waals surface area contributed by atoms with Crippen LogP contribution in [0.3, 0.4) is 0 Å². The van der Waals surface area contributed by atoms with Crippen molar-refractivity contribution in [3.8, 4) is 0 Å². The molecule has 0 nitrogen and oxygen atoms in total. The second-order valence-electron chi connectivity index (χ2n) is 9.05. The quantitative estimate of drug-likeness (QED) is 0.453. The maximum Gasteiger partial charge on any atom is 0 e. The van der Waals surface area contributed by atoms with E-state index in [2.05, 4.69) is 39.0 Å². The topological polar surface area (TPSA) is 0 Å². The third kappa shape index (κ3) is 6.77. The van der Waals surface area contributed by atoms with Gasteiger partial charge in [0.25, 0.3) is 0 Å². The van der Waals surface area contributed by atoms with Crippen molar-refractivity contribution < 1.29 is 32.7 Å². The Kier molecular flexibility index (Phi) is 9.17. The minimum absolute atomic E-state index is 0. The Morgan fingerprint density at radius 3 is 1.92 bits per heavy atom. The summed E-state index contributed by atoms with van der Waals surface area (Å²) in [5, 5.41) is 0. The smallest absolute Gasteiger partial charge is 0 e. The molecule has 0 unspecified atom stereocenters. The van der Waals surface area contributed by atoms with Gasteiger partial charge in [-0.05, 0) is 49.4 Å². The molecule has 1 aromatic rings. The van der Waals surface area contributed by atoms with Gasteiger partial charge in [-0.3, -0.25) is 0 Å². The van der Waals surface area contributed by atoms with Crippen molar-refractivity contribution in [2.45, 2.75) is 91.4 Å². The summed E-state index contributed by atoms with van der Waals surface area (Å²) >= 11 is 0. The molecule has 2 aliphatic carbocycles. The van der Waals surface area contributed by atoms with E-state index in [-0.39, 0.29) is 32.7 Å². The summed E-state index contributed by atoms with van der Waals surface area (Å²) in [7, 11) is 0. The summed E-state index contributed by atoms with van der Waals surface area (Å²) in [5.41, 5.74) is 4.12. The fourth-order valence-corrected chi connectivity index (χ4v) is 5.43. The van der Waals surface area contributed by atoms with Crippen LogP contribution in [0.4, 0.5) is 0 Å². The third-order valence-corrected chi connectivity index (χ3v) is 6.89. The molecule has 25 heavy (non-hydrogen) atoms. The van der Waals surface area contributed by atoms with Crippen LogP contribution in [0.15, 0.2) is 12.1 Å². The van der Waals surface area contributed by atoms with Crippen LogP contribution in [-0.2, 0) is 39.1 Å². The van der Waals surface area contributed by atoms with Crippen LogP contribution in [0.2, 0.25) is 0 Å². The van der Waals surface area contributed by atoms with E-state index in [9.17, 15) is 0 Å². The van der Waals surface area contributed by atoms with Crippen molar-refractivity contribution >= 4 is 0 Å². The van der Waals surface area contributed by atoms with Crippen LogP contribution in [0.5, 0.6) is 0 Å². The van der Waals surface area contributed by atoms with Crippen LogP contribution >= 0.6 is 0 Å². The van der Waals surface area contributed by atoms with Gasteiger partial charge in [-0.1, -0.05) is 65.7 Å². The van der Waals surface area contributed by atoms with E-state index < -0.39 is 0 Å². The van der Waals surface area contributed by atoms with Gasteiger partial charge in [-0.2, -0.15) is 34.9 Å². The minimum Gasteiger partial charge on any atom is -0.177 e. The van der Waals surface area contributed by atoms with Gasteiger partial charge in [0.15, 0.2) is 0 Å². The van der Waals surface area contributed by atoms with E-state index in [1.165, 1.54) is 87.3 Å². The summed E-state index contributed by atoms with van der Waals surface area (Å²) in [4.78, 5) is 0. The molecule has 0 saturated heterocycles. The first kappa shape index (κ1) is 21.6. The van der Waals surface area contributed by atoms with Crippen molar-refractivity contribution in [1.29, 1.82) is 0 Å². The molecule has 1 aromatic carbocycles. The zero-order valence-corrected chi connectivity index (χ0v) is 19.7. The normalized spacial score (nSPS) is 29.9. The molecule has 3 rings (SSSR count). The Morgan fingerprint density at radius 2 is 1.36 bits per heavy atom. The fourth-order valence-electron chi connectivity index (χ4n) is 5.43. The summed E-state index contributed by atoms with van der Waals surface area (Å²) < 4.78 is 0. The van der Waals surface area contributed by atoms with E-state index in [0.717, 1.165) is 23.7 Å². The van der Waals surface area contributed by atoms with Crippen LogP contribution in [-0.4, -0.2) is 0 Å². The molecule has 0 heterocycles. The van der Waals surface area contributed by atoms with E-state index in [1.54, 1.807) is 0 Å². The van der Waals surface area contributed by atoms with Gasteiger partial charge in [0.2, 0.25) is 0 Å². The van der Waals surface area contributed by atoms with Gasteiger partial charge in [-0.15, -0.1) is 0 Å². The van der Waals surface area contributed by atoms with Gasteiger partial charge in [0, 0.05) is 32.7 Å². The molecule has 137 valence electrons. The van der Waals surface area contributed by atoms with E-state index >= 15 is 0 Å². The number of benzene rings is 1. The van der Waals surface area contributed by atoms with Crippen LogP contribution in [0, 0.1) is 43.6 Å². The molecular weight excluding hydrogens is 377 g/mol. The first-order valence-electron chi connectivity index (χ1n) is 10.6. The molecule has 2 fully saturated rings. The molecule has 0 atom stereocenters. The van der Waals surface area contributed by atoms with E-state index in [4.69, 9.17) is 0 Å². The van der Waals surface area contributed by atoms with Gasteiger partial charge in [-0.25, -0.2) is 0 Å². The van der Waals surface area contributed by atoms with Crippen molar-refractivity contribution in [1.82, 2.24) is 0 Å². The Bertz CT molecular complexity index is 485. The Morgan fingerprint density at radius 1 is 0.840 bits per heavy atom. The van der Waals surface area contributed by atoms with E-state index in [1.807, 2.05) is 0 Å².